The number of hydrogen-bond acceptors (Lipinski definition) is 5. The summed E-state index contributed by atoms with van der Waals surface area (Å²) in [5, 5.41) is 10.9. The third-order valence-electron chi connectivity index (χ3n) is 6.81. The van der Waals surface area contributed by atoms with Gasteiger partial charge < -0.3 is 19.6 Å². The zero-order valence-corrected chi connectivity index (χ0v) is 17.1. The van der Waals surface area contributed by atoms with Crippen LogP contribution < -0.4 is 4.74 Å². The fraction of sp³-hybridized carbons (Fsp3) is 0.545. The van der Waals surface area contributed by atoms with Gasteiger partial charge in [0, 0.05) is 29.7 Å². The highest BCUT2D eigenvalue weighted by atomic mass is 16.5. The normalized spacial score (nSPS) is 25.1. The van der Waals surface area contributed by atoms with Crippen molar-refractivity contribution >= 4 is 22.8 Å². The van der Waals surface area contributed by atoms with Gasteiger partial charge in [-0.25, -0.2) is 0 Å². The monoisotopic (exact) mass is 400 g/mol. The summed E-state index contributed by atoms with van der Waals surface area (Å²) in [7, 11) is 2.94. The molecule has 1 fully saturated rings. The average molecular weight is 400 g/mol. The molecule has 0 saturated carbocycles. The van der Waals surface area contributed by atoms with Gasteiger partial charge in [0.05, 0.1) is 20.3 Å². The van der Waals surface area contributed by atoms with Crippen molar-refractivity contribution in [1.29, 1.82) is 0 Å². The number of H-pyrrole nitrogens is 1. The van der Waals surface area contributed by atoms with Crippen LogP contribution in [0, 0.1) is 17.8 Å². The number of ether oxygens (including phenoxy) is 2. The first-order valence-corrected chi connectivity index (χ1v) is 10.2. The van der Waals surface area contributed by atoms with E-state index >= 15 is 0 Å². The van der Waals surface area contributed by atoms with E-state index in [4.69, 9.17) is 9.47 Å². The van der Waals surface area contributed by atoms with Crippen molar-refractivity contribution in [3.63, 3.8) is 0 Å². The second-order valence-corrected chi connectivity index (χ2v) is 8.07. The molecule has 2 aromatic rings. The molecule has 1 aromatic carbocycles. The number of fused-ring (bicyclic) bond motifs is 5. The topological polar surface area (TPSA) is 91.9 Å². The SMILES string of the molecule is CC[C@@H]1CN2CCc3c([nH]c4cccc(OC)c34)[C@@H]2C[C@@H]1C(C(=O)O)C(=O)OC. The number of aliphatic carboxylic acids is 1. The van der Waals surface area contributed by atoms with Crippen LogP contribution in [0.2, 0.25) is 0 Å². The number of benzene rings is 1. The highest BCUT2D eigenvalue weighted by Crippen LogP contribution is 2.47. The Morgan fingerprint density at radius 2 is 2.14 bits per heavy atom. The van der Waals surface area contributed by atoms with Gasteiger partial charge in [-0.15, -0.1) is 0 Å². The molecule has 7 heteroatoms. The van der Waals surface area contributed by atoms with Crippen LogP contribution in [0.25, 0.3) is 10.9 Å². The number of nitrogens with zero attached hydrogens (tertiary/aromatic N) is 1. The van der Waals surface area contributed by atoms with Crippen molar-refractivity contribution in [3.05, 3.63) is 29.5 Å². The molecule has 1 aromatic heterocycles. The molecule has 156 valence electrons. The van der Waals surface area contributed by atoms with Crippen molar-refractivity contribution in [1.82, 2.24) is 9.88 Å². The Morgan fingerprint density at radius 3 is 2.79 bits per heavy atom. The van der Waals surface area contributed by atoms with Gasteiger partial charge in [-0.1, -0.05) is 19.4 Å². The van der Waals surface area contributed by atoms with Crippen LogP contribution in [-0.2, 0) is 20.7 Å². The lowest BCUT2D eigenvalue weighted by molar-refractivity contribution is -0.162. The van der Waals surface area contributed by atoms with E-state index in [0.717, 1.165) is 48.3 Å². The largest absolute Gasteiger partial charge is 0.496 e. The summed E-state index contributed by atoms with van der Waals surface area (Å²) in [6.45, 7) is 3.78. The minimum Gasteiger partial charge on any atom is -0.496 e. The van der Waals surface area contributed by atoms with Gasteiger partial charge in [-0.05, 0) is 42.4 Å². The molecule has 0 aliphatic carbocycles. The molecule has 1 unspecified atom stereocenters. The van der Waals surface area contributed by atoms with Crippen molar-refractivity contribution < 1.29 is 24.2 Å². The predicted molar refractivity (Wildman–Crippen MR) is 108 cm³/mol. The van der Waals surface area contributed by atoms with Crippen molar-refractivity contribution in [2.24, 2.45) is 17.8 Å². The fourth-order valence-electron chi connectivity index (χ4n) is 5.41. The maximum atomic E-state index is 12.3. The highest BCUT2D eigenvalue weighted by Gasteiger charge is 2.47. The Labute approximate surface area is 170 Å². The summed E-state index contributed by atoms with van der Waals surface area (Å²) in [6.07, 6.45) is 2.38. The van der Waals surface area contributed by atoms with Gasteiger partial charge in [0.2, 0.25) is 0 Å². The average Bonchev–Trinajstić information content (AvgIpc) is 3.12. The summed E-state index contributed by atoms with van der Waals surface area (Å²) < 4.78 is 10.4. The van der Waals surface area contributed by atoms with Gasteiger partial charge in [0.1, 0.15) is 5.75 Å². The van der Waals surface area contributed by atoms with Crippen LogP contribution in [0.4, 0.5) is 0 Å². The zero-order chi connectivity index (χ0) is 20.7. The molecule has 0 radical (unpaired) electrons. The molecule has 4 atom stereocenters. The summed E-state index contributed by atoms with van der Waals surface area (Å²) in [6, 6.07) is 6.05. The summed E-state index contributed by atoms with van der Waals surface area (Å²) in [5.74, 6) is -2.13. The number of piperidine rings is 1. The van der Waals surface area contributed by atoms with Gasteiger partial charge in [-0.2, -0.15) is 0 Å². The fourth-order valence-corrected chi connectivity index (χ4v) is 5.41. The Balaban J connectivity index is 1.76. The van der Waals surface area contributed by atoms with E-state index < -0.39 is 17.9 Å². The Hall–Kier alpha value is -2.54. The van der Waals surface area contributed by atoms with Gasteiger partial charge >= 0.3 is 11.9 Å². The van der Waals surface area contributed by atoms with E-state index in [0.29, 0.717) is 6.42 Å². The number of carboxylic acid groups (broad SMARTS) is 1. The number of hydrogen-bond donors (Lipinski definition) is 2. The van der Waals surface area contributed by atoms with Crippen LogP contribution in [0.1, 0.15) is 37.1 Å². The lowest BCUT2D eigenvalue weighted by Crippen LogP contribution is -2.50. The van der Waals surface area contributed by atoms with Crippen LogP contribution in [0.15, 0.2) is 18.2 Å². The van der Waals surface area contributed by atoms with E-state index in [1.807, 2.05) is 18.2 Å². The lowest BCUT2D eigenvalue weighted by atomic mass is 9.71. The number of esters is 1. The van der Waals surface area contributed by atoms with Crippen molar-refractivity contribution in [3.8, 4) is 5.75 Å². The van der Waals surface area contributed by atoms with E-state index in [1.165, 1.54) is 12.7 Å². The lowest BCUT2D eigenvalue weighted by Gasteiger charge is -2.47. The molecule has 1 saturated heterocycles. The van der Waals surface area contributed by atoms with Crippen LogP contribution >= 0.6 is 0 Å². The maximum absolute atomic E-state index is 12.3. The van der Waals surface area contributed by atoms with Crippen molar-refractivity contribution in [2.45, 2.75) is 32.2 Å². The number of rotatable bonds is 5. The zero-order valence-electron chi connectivity index (χ0n) is 17.1. The van der Waals surface area contributed by atoms with Gasteiger partial charge in [0.25, 0.3) is 0 Å². The first-order valence-electron chi connectivity index (χ1n) is 10.2. The number of methoxy groups -OCH3 is 2. The molecule has 3 heterocycles. The Kier molecular flexibility index (Phi) is 5.25. The van der Waals surface area contributed by atoms with Crippen LogP contribution in [0.3, 0.4) is 0 Å². The minimum absolute atomic E-state index is 0.0650. The third-order valence-corrected chi connectivity index (χ3v) is 6.81. The molecule has 0 bridgehead atoms. The summed E-state index contributed by atoms with van der Waals surface area (Å²) >= 11 is 0. The van der Waals surface area contributed by atoms with E-state index in [9.17, 15) is 14.7 Å². The first-order chi connectivity index (χ1) is 14.0. The minimum atomic E-state index is -1.13. The molecule has 29 heavy (non-hydrogen) atoms. The number of aromatic amines is 1. The summed E-state index contributed by atoms with van der Waals surface area (Å²) in [4.78, 5) is 30.3. The molecule has 2 aliphatic rings. The van der Waals surface area contributed by atoms with Crippen molar-refractivity contribution in [2.75, 3.05) is 27.3 Å². The first kappa shape index (κ1) is 19.8. The van der Waals surface area contributed by atoms with E-state index in [1.54, 1.807) is 7.11 Å². The quantitative estimate of drug-likeness (QED) is 0.592. The summed E-state index contributed by atoms with van der Waals surface area (Å²) in [5.41, 5.74) is 3.41. The highest BCUT2D eigenvalue weighted by molar-refractivity contribution is 5.94. The molecule has 4 rings (SSSR count). The van der Waals surface area contributed by atoms with E-state index in [2.05, 4.69) is 16.8 Å². The number of aromatic nitrogens is 1. The third kappa shape index (κ3) is 3.17. The van der Waals surface area contributed by atoms with Gasteiger partial charge in [-0.3, -0.25) is 14.5 Å². The Morgan fingerprint density at radius 1 is 1.34 bits per heavy atom. The smallest absolute Gasteiger partial charge is 0.320 e. The number of carbonyl (C=O) groups is 2. The van der Waals surface area contributed by atoms with Gasteiger partial charge in [0.15, 0.2) is 5.92 Å². The predicted octanol–water partition coefficient (Wildman–Crippen LogP) is 3.00. The second-order valence-electron chi connectivity index (χ2n) is 8.07. The molecular weight excluding hydrogens is 372 g/mol. The molecule has 0 amide bonds. The maximum Gasteiger partial charge on any atom is 0.320 e. The Bertz CT molecular complexity index is 937. The number of carboxylic acids is 1. The van der Waals surface area contributed by atoms with Crippen LogP contribution in [0.5, 0.6) is 5.75 Å². The number of carbonyl (C=O) groups excluding carboxylic acids is 1. The molecule has 2 N–H and O–H groups in total. The molecule has 7 nitrogen and oxygen atoms in total. The number of nitrogens with one attached hydrogen (secondary N) is 1. The molecule has 0 spiro atoms. The second kappa shape index (κ2) is 7.71. The van der Waals surface area contributed by atoms with E-state index in [-0.39, 0.29) is 17.9 Å². The standard InChI is InChI=1S/C22H28N2O5/c1-4-12-11-24-9-8-13-18-15(6-5-7-17(18)28-2)23-20(13)16(24)10-14(12)19(21(25)26)22(27)29-3/h5-7,12,14,16,19,23H,4,8-11H2,1-3H3,(H,25,26)/t12-,14+,16+,19?/m1/s1. The molecule has 2 aliphatic heterocycles. The van der Waals surface area contributed by atoms with Crippen LogP contribution in [-0.4, -0.2) is 54.2 Å². The molecular formula is C22H28N2O5.